The van der Waals surface area contributed by atoms with Crippen LogP contribution in [-0.4, -0.2) is 0 Å². The highest BCUT2D eigenvalue weighted by Gasteiger charge is 2.27. The third-order valence-electron chi connectivity index (χ3n) is 21.4. The Kier molecular flexibility index (Phi) is 17.1. The second-order valence-electron chi connectivity index (χ2n) is 34.8. The van der Waals surface area contributed by atoms with Crippen LogP contribution < -0.4 is 0 Å². The zero-order chi connectivity index (χ0) is 93.2. The van der Waals surface area contributed by atoms with Crippen LogP contribution in [0.25, 0.3) is 160 Å². The summed E-state index contributed by atoms with van der Waals surface area (Å²) in [4.78, 5) is 0. The maximum atomic E-state index is 8.57. The molecule has 0 N–H and O–H groups in total. The Labute approximate surface area is 716 Å². The lowest BCUT2D eigenvalue weighted by atomic mass is 9.83. The molecule has 20 rings (SSSR count). The molecule has 5 aromatic heterocycles. The quantitative estimate of drug-likeness (QED) is 0.172. The van der Waals surface area contributed by atoms with Crippen molar-refractivity contribution in [3.8, 4) is 55.6 Å². The summed E-state index contributed by atoms with van der Waals surface area (Å²) in [5.41, 5.74) is 17.5. The van der Waals surface area contributed by atoms with Crippen LogP contribution in [0.4, 0.5) is 0 Å². The molecule has 5 heteroatoms. The minimum absolute atomic E-state index is 0.0166. The smallest absolute Gasteiger partial charge is 0.143 e. The molecule has 0 saturated carbocycles. The maximum Gasteiger partial charge on any atom is 0.143 e. The number of hydrogen-bond acceptors (Lipinski definition) is 5. The first-order chi connectivity index (χ1) is 61.5. The number of hydrogen-bond donors (Lipinski definition) is 0. The van der Waals surface area contributed by atoms with Gasteiger partial charge >= 0.3 is 0 Å². The van der Waals surface area contributed by atoms with Gasteiger partial charge in [-0.25, -0.2) is 0 Å². The normalized spacial score (nSPS) is 13.8. The number of benzene rings is 15. The van der Waals surface area contributed by atoms with Crippen molar-refractivity contribution in [3.63, 3.8) is 0 Å². The second-order valence-corrected chi connectivity index (χ2v) is 37.9. The van der Waals surface area contributed by atoms with Gasteiger partial charge in [-0.3, -0.25) is 0 Å². The predicted molar refractivity (Wildman–Crippen MR) is 511 cm³/mol. The Morgan fingerprint density at radius 2 is 0.603 bits per heavy atom. The Hall–Kier alpha value is -11.4. The molecule has 0 amide bonds. The molecule has 0 spiro atoms. The van der Waals surface area contributed by atoms with E-state index in [1.165, 1.54) is 84.0 Å². The van der Waals surface area contributed by atoms with E-state index < -0.39 is 6.04 Å². The van der Waals surface area contributed by atoms with Crippen LogP contribution in [0.3, 0.4) is 0 Å². The zero-order valence-corrected chi connectivity index (χ0v) is 71.1. The first-order valence-corrected chi connectivity index (χ1v) is 42.0. The standard InChI is InChI=1S/C23H22O.C22H20O.3C22H20S/c1-15-8-5-9-16(14-15)17-10-6-12-19-21(17)22-18(23(2,3)4)11-7-13-20(22)24-19;1-22(2,3)19-14-8-13-18-17-12-7-11-16(20(17)23-21(18)19)15-9-5-4-6-10-15;1-22(2,3)17-12-8-14-19-21(17)20-16(11-7-13-18(20)23-19)15-9-5-4-6-10-15;2*1-22(2,3)19-14-8-13-18-17-12-7-11-16(20(17)23-21(18)19)15-9-5-4-6-10-15/h5-14H,1-4H3;4*4-14H,1-3H3/i5D,8D,9D,14D;4D,5D,6D,9D,10D;;4D,5D,6D,9D,10D;. The van der Waals surface area contributed by atoms with Gasteiger partial charge in [0.2, 0.25) is 0 Å². The Bertz CT molecular complexity index is 7590. The van der Waals surface area contributed by atoms with Gasteiger partial charge in [-0.2, -0.15) is 0 Å². The molecule has 0 aliphatic rings. The second kappa shape index (κ2) is 31.6. The van der Waals surface area contributed by atoms with E-state index in [2.05, 4.69) is 262 Å². The third-order valence-corrected chi connectivity index (χ3v) is 25.1. The molecule has 0 saturated heterocycles. The molecule has 0 fully saturated rings. The molecule has 0 unspecified atom stereocenters. The molecule has 5 heterocycles. The number of para-hydroxylation sites is 2. The monoisotopic (exact) mass is 1580 g/mol. The summed E-state index contributed by atoms with van der Waals surface area (Å²) in [6.07, 6.45) is 0. The molecule has 15 aromatic carbocycles. The van der Waals surface area contributed by atoms with Gasteiger partial charge in [-0.15, -0.1) is 34.0 Å². The lowest BCUT2D eigenvalue weighted by molar-refractivity contribution is 0.573. The van der Waals surface area contributed by atoms with Crippen LogP contribution in [0, 0.1) is 6.92 Å². The highest BCUT2D eigenvalue weighted by atomic mass is 32.1. The fraction of sp³-hybridized carbons (Fsp3) is 0.189. The van der Waals surface area contributed by atoms with Gasteiger partial charge in [0.15, 0.2) is 0 Å². The summed E-state index contributed by atoms with van der Waals surface area (Å²) in [6, 6.07) is 80.5. The van der Waals surface area contributed by atoms with E-state index in [4.69, 9.17) is 28.0 Å². The molecular weight excluding hydrogens is 1460 g/mol. The largest absolute Gasteiger partial charge is 0.456 e. The van der Waals surface area contributed by atoms with Gasteiger partial charge in [0.1, 0.15) is 22.3 Å². The van der Waals surface area contributed by atoms with Crippen LogP contribution in [0.15, 0.2) is 336 Å². The lowest BCUT2D eigenvalue weighted by Gasteiger charge is -2.21. The van der Waals surface area contributed by atoms with Crippen LogP contribution in [0.5, 0.6) is 0 Å². The van der Waals surface area contributed by atoms with Gasteiger partial charge in [0.05, 0.1) is 19.2 Å². The van der Waals surface area contributed by atoms with Crippen molar-refractivity contribution >= 4 is 138 Å². The highest BCUT2D eigenvalue weighted by molar-refractivity contribution is 7.27. The van der Waals surface area contributed by atoms with Gasteiger partial charge in [-0.05, 0) is 131 Å². The van der Waals surface area contributed by atoms with Crippen molar-refractivity contribution in [3.05, 3.63) is 361 Å². The van der Waals surface area contributed by atoms with Crippen LogP contribution in [-0.2, 0) is 27.1 Å². The molecule has 0 atom stereocenters. The van der Waals surface area contributed by atoms with E-state index in [-0.39, 0.29) is 117 Å². The Balaban J connectivity index is 0.000000119. The van der Waals surface area contributed by atoms with E-state index in [1.54, 1.807) is 24.3 Å². The molecule has 576 valence electrons. The van der Waals surface area contributed by atoms with Crippen LogP contribution >= 0.6 is 34.0 Å². The van der Waals surface area contributed by atoms with E-state index in [0.29, 0.717) is 39.0 Å². The minimum Gasteiger partial charge on any atom is -0.456 e. The molecular formula is C111H102O2S3. The third kappa shape index (κ3) is 15.6. The summed E-state index contributed by atoms with van der Waals surface area (Å²) >= 11 is 5.47. The molecule has 2 nitrogen and oxygen atoms in total. The summed E-state index contributed by atoms with van der Waals surface area (Å²) < 4.78 is 134. The average molecular weight is 1580 g/mol. The van der Waals surface area contributed by atoms with E-state index in [1.807, 2.05) is 102 Å². The first-order valence-electron chi connectivity index (χ1n) is 46.6. The van der Waals surface area contributed by atoms with Gasteiger partial charge in [0, 0.05) is 93.2 Å². The van der Waals surface area contributed by atoms with Gasteiger partial charge in [-0.1, -0.05) is 412 Å². The first kappa shape index (κ1) is 62.9. The maximum absolute atomic E-state index is 8.57. The fourth-order valence-corrected chi connectivity index (χ4v) is 20.1. The number of fused-ring (bicyclic) bond motifs is 15. The topological polar surface area (TPSA) is 26.3 Å². The predicted octanol–water partition coefficient (Wildman–Crippen LogP) is 34.5. The summed E-state index contributed by atoms with van der Waals surface area (Å²) in [7, 11) is 0. The fourth-order valence-electron chi connectivity index (χ4n) is 15.9. The van der Waals surface area contributed by atoms with E-state index >= 15 is 0 Å². The minimum atomic E-state index is -0.398. The van der Waals surface area contributed by atoms with Crippen LogP contribution in [0.1, 0.15) is 156 Å². The van der Waals surface area contributed by atoms with Crippen LogP contribution in [0.2, 0.25) is 0 Å². The van der Waals surface area contributed by atoms with Gasteiger partial charge < -0.3 is 8.83 Å². The summed E-state index contributed by atoms with van der Waals surface area (Å²) in [5, 5.41) is 11.5. The zero-order valence-electron chi connectivity index (χ0n) is 82.6. The summed E-state index contributed by atoms with van der Waals surface area (Å²) in [6.45, 7) is 34.8. The van der Waals surface area contributed by atoms with Crippen molar-refractivity contribution < 1.29 is 28.0 Å². The van der Waals surface area contributed by atoms with E-state index in [9.17, 15) is 0 Å². The molecule has 0 bridgehead atoms. The Morgan fingerprint density at radius 1 is 0.241 bits per heavy atom. The van der Waals surface area contributed by atoms with Gasteiger partial charge in [0.25, 0.3) is 0 Å². The molecule has 0 radical (unpaired) electrons. The molecule has 0 aliphatic heterocycles. The van der Waals surface area contributed by atoms with E-state index in [0.717, 1.165) is 59.3 Å². The lowest BCUT2D eigenvalue weighted by Crippen LogP contribution is -2.11. The number of furan rings is 2. The van der Waals surface area contributed by atoms with Crippen molar-refractivity contribution in [2.45, 2.75) is 138 Å². The van der Waals surface area contributed by atoms with Crippen molar-refractivity contribution in [2.75, 3.05) is 0 Å². The average Bonchev–Trinajstić information content (AvgIpc) is 1.56. The summed E-state index contributed by atoms with van der Waals surface area (Å²) in [5.74, 6) is 0. The Morgan fingerprint density at radius 3 is 1.13 bits per heavy atom. The van der Waals surface area contributed by atoms with Crippen molar-refractivity contribution in [2.24, 2.45) is 0 Å². The molecule has 116 heavy (non-hydrogen) atoms. The highest BCUT2D eigenvalue weighted by Crippen LogP contribution is 2.49. The number of rotatable bonds is 5. The number of thiophene rings is 3. The molecule has 0 aliphatic carbocycles. The van der Waals surface area contributed by atoms with Crippen molar-refractivity contribution in [1.29, 1.82) is 0 Å². The molecule has 20 aromatic rings. The van der Waals surface area contributed by atoms with Crippen molar-refractivity contribution in [1.82, 2.24) is 0 Å². The SMILES string of the molecule is CC(C)(C)c1cccc2c1sc1c(-c3ccccc3)cccc12.CC(C)(C)c1cccc2sc3cccc(-c4ccccc4)c3c12.[2H]c1c([2H])c(C)c([2H])c(-c2cccc3oc4cccc(C(C)(C)C)c4c23)c1[2H].[2H]c1c([2H])c([2H])c(-c2cccc3c2oc2c(C(C)(C)C)cccc23)c([2H])c1[2H].[2H]c1c([2H])c([2H])c(-c2cccc3c2sc2c(C(C)(C)C)cccc23)c([2H])c1[2H].